The summed E-state index contributed by atoms with van der Waals surface area (Å²) in [5, 5.41) is 21.4. The number of benzene rings is 1. The van der Waals surface area contributed by atoms with Crippen molar-refractivity contribution in [3.8, 4) is 0 Å². The maximum Gasteiger partial charge on any atom is 0.262 e. The molecule has 0 unspecified atom stereocenters. The van der Waals surface area contributed by atoms with Gasteiger partial charge in [-0.3, -0.25) is 13.8 Å². The summed E-state index contributed by atoms with van der Waals surface area (Å²) in [6.45, 7) is 0. The molecule has 4 heterocycles. The Morgan fingerprint density at radius 2 is 1.90 bits per heavy atom. The fourth-order valence-corrected chi connectivity index (χ4v) is 5.55. The van der Waals surface area contributed by atoms with Crippen LogP contribution in [0.2, 0.25) is 0 Å². The molecule has 1 fully saturated rings. The van der Waals surface area contributed by atoms with E-state index < -0.39 is 0 Å². The van der Waals surface area contributed by atoms with Crippen LogP contribution in [-0.4, -0.2) is 33.9 Å². The zero-order chi connectivity index (χ0) is 20.9. The van der Waals surface area contributed by atoms with Gasteiger partial charge >= 0.3 is 0 Å². The lowest BCUT2D eigenvalue weighted by molar-refractivity contribution is 0.634. The van der Waals surface area contributed by atoms with Gasteiger partial charge in [0, 0.05) is 24.4 Å². The molecule has 0 atom stereocenters. The molecule has 1 aromatic carbocycles. The molecule has 1 aliphatic carbocycles. The van der Waals surface area contributed by atoms with Crippen molar-refractivity contribution < 1.29 is 0 Å². The van der Waals surface area contributed by atoms with Crippen molar-refractivity contribution in [3.05, 3.63) is 68.7 Å². The SMILES string of the molecule is Cn1c(=O)c2ccccc2n2c(CSc3nnc(Cc4cccs4)n3C3CC3)nnc12. The summed E-state index contributed by atoms with van der Waals surface area (Å²) >= 11 is 3.37. The molecule has 0 N–H and O–H groups in total. The monoisotopic (exact) mass is 449 g/mol. The minimum absolute atomic E-state index is 0.0681. The van der Waals surface area contributed by atoms with Crippen LogP contribution in [0.1, 0.15) is 35.4 Å². The highest BCUT2D eigenvalue weighted by Gasteiger charge is 2.30. The van der Waals surface area contributed by atoms with Crippen molar-refractivity contribution in [1.29, 1.82) is 0 Å². The Balaban J connectivity index is 1.36. The highest BCUT2D eigenvalue weighted by atomic mass is 32.2. The van der Waals surface area contributed by atoms with E-state index in [0.29, 0.717) is 23.0 Å². The number of rotatable bonds is 6. The third-order valence-corrected chi connectivity index (χ3v) is 7.40. The van der Waals surface area contributed by atoms with Crippen molar-refractivity contribution in [2.75, 3.05) is 0 Å². The standard InChI is InChI=1S/C21H19N7OS2/c1-26-19(29)15-6-2-3-7-16(15)28-18(23-24-20(26)28)12-31-21-25-22-17(27(21)13-8-9-13)11-14-5-4-10-30-14/h2-7,10,13H,8-9,11-12H2,1H3. The molecule has 1 aliphatic rings. The number of fused-ring (bicyclic) bond motifs is 3. The highest BCUT2D eigenvalue weighted by molar-refractivity contribution is 7.98. The zero-order valence-electron chi connectivity index (χ0n) is 16.8. The van der Waals surface area contributed by atoms with Crippen molar-refractivity contribution in [3.63, 3.8) is 0 Å². The minimum atomic E-state index is -0.0681. The fourth-order valence-electron chi connectivity index (χ4n) is 3.91. The average Bonchev–Trinajstić information content (AvgIpc) is 3.16. The number of aryl methyl sites for hydroxylation is 1. The summed E-state index contributed by atoms with van der Waals surface area (Å²) in [7, 11) is 1.73. The molecule has 0 spiro atoms. The first-order chi connectivity index (χ1) is 15.2. The molecular weight excluding hydrogens is 430 g/mol. The number of hydrogen-bond acceptors (Lipinski definition) is 7. The predicted octanol–water partition coefficient (Wildman–Crippen LogP) is 3.45. The van der Waals surface area contributed by atoms with Gasteiger partial charge in [0.05, 0.1) is 16.7 Å². The second-order valence-corrected chi connectivity index (χ2v) is 9.65. The fraction of sp³-hybridized carbons (Fsp3) is 0.286. The van der Waals surface area contributed by atoms with E-state index >= 15 is 0 Å². The van der Waals surface area contributed by atoms with E-state index in [2.05, 4.69) is 42.5 Å². The number of hydrogen-bond donors (Lipinski definition) is 0. The van der Waals surface area contributed by atoms with Crippen molar-refractivity contribution in [1.82, 2.24) is 33.9 Å². The summed E-state index contributed by atoms with van der Waals surface area (Å²) in [5.41, 5.74) is 0.754. The van der Waals surface area contributed by atoms with Crippen molar-refractivity contribution in [2.45, 2.75) is 36.2 Å². The van der Waals surface area contributed by atoms with E-state index in [9.17, 15) is 4.79 Å². The second kappa shape index (κ2) is 7.31. The molecular formula is C21H19N7OS2. The first-order valence-corrected chi connectivity index (χ1v) is 12.0. The van der Waals surface area contributed by atoms with Crippen LogP contribution in [0.4, 0.5) is 0 Å². The molecule has 0 amide bonds. The van der Waals surface area contributed by atoms with E-state index in [0.717, 1.165) is 28.7 Å². The molecule has 5 aromatic rings. The van der Waals surface area contributed by atoms with Crippen LogP contribution in [0.5, 0.6) is 0 Å². The molecule has 1 saturated carbocycles. The largest absolute Gasteiger partial charge is 0.303 e. The molecule has 4 aromatic heterocycles. The third-order valence-electron chi connectivity index (χ3n) is 5.58. The van der Waals surface area contributed by atoms with Gasteiger partial charge in [-0.1, -0.05) is 30.0 Å². The molecule has 0 radical (unpaired) electrons. The van der Waals surface area contributed by atoms with Gasteiger partial charge in [-0.25, -0.2) is 0 Å². The van der Waals surface area contributed by atoms with Gasteiger partial charge in [-0.2, -0.15) is 0 Å². The number of aromatic nitrogens is 7. The Bertz CT molecular complexity index is 1460. The van der Waals surface area contributed by atoms with E-state index in [1.807, 2.05) is 28.7 Å². The minimum Gasteiger partial charge on any atom is -0.303 e. The molecule has 0 saturated heterocycles. The van der Waals surface area contributed by atoms with Crippen LogP contribution < -0.4 is 5.56 Å². The summed E-state index contributed by atoms with van der Waals surface area (Å²) < 4.78 is 5.81. The Hall–Kier alpha value is -2.98. The molecule has 6 rings (SSSR count). The van der Waals surface area contributed by atoms with Crippen LogP contribution in [0, 0.1) is 0 Å². The summed E-state index contributed by atoms with van der Waals surface area (Å²) in [4.78, 5) is 13.9. The molecule has 10 heteroatoms. The first-order valence-electron chi connectivity index (χ1n) is 10.1. The second-order valence-electron chi connectivity index (χ2n) is 7.68. The van der Waals surface area contributed by atoms with Gasteiger partial charge in [0.15, 0.2) is 5.16 Å². The van der Waals surface area contributed by atoms with E-state index in [1.165, 1.54) is 17.7 Å². The van der Waals surface area contributed by atoms with Crippen LogP contribution in [-0.2, 0) is 19.2 Å². The molecule has 0 aliphatic heterocycles. The third kappa shape index (κ3) is 3.17. The van der Waals surface area contributed by atoms with E-state index in [1.54, 1.807) is 34.7 Å². The summed E-state index contributed by atoms with van der Waals surface area (Å²) in [5.74, 6) is 2.94. The smallest absolute Gasteiger partial charge is 0.262 e. The Morgan fingerprint density at radius 3 is 2.71 bits per heavy atom. The molecule has 8 nitrogen and oxygen atoms in total. The number of para-hydroxylation sites is 1. The lowest BCUT2D eigenvalue weighted by atomic mass is 10.2. The first kappa shape index (κ1) is 18.8. The molecule has 0 bridgehead atoms. The summed E-state index contributed by atoms with van der Waals surface area (Å²) in [6, 6.07) is 12.3. The van der Waals surface area contributed by atoms with Gasteiger partial charge in [0.1, 0.15) is 11.6 Å². The van der Waals surface area contributed by atoms with E-state index in [-0.39, 0.29) is 5.56 Å². The Morgan fingerprint density at radius 1 is 1.06 bits per heavy atom. The molecule has 156 valence electrons. The normalized spacial score (nSPS) is 14.1. The maximum absolute atomic E-state index is 12.6. The maximum atomic E-state index is 12.6. The quantitative estimate of drug-likeness (QED) is 0.369. The number of thioether (sulfide) groups is 1. The molecule has 31 heavy (non-hydrogen) atoms. The van der Waals surface area contributed by atoms with Crippen LogP contribution >= 0.6 is 23.1 Å². The van der Waals surface area contributed by atoms with Crippen LogP contribution in [0.3, 0.4) is 0 Å². The highest BCUT2D eigenvalue weighted by Crippen LogP contribution is 2.39. The summed E-state index contributed by atoms with van der Waals surface area (Å²) in [6.07, 6.45) is 3.15. The Labute approximate surface area is 185 Å². The zero-order valence-corrected chi connectivity index (χ0v) is 18.4. The van der Waals surface area contributed by atoms with Crippen LogP contribution in [0.25, 0.3) is 16.7 Å². The lowest BCUT2D eigenvalue weighted by Gasteiger charge is -2.09. The van der Waals surface area contributed by atoms with Gasteiger partial charge in [-0.05, 0) is 36.4 Å². The lowest BCUT2D eigenvalue weighted by Crippen LogP contribution is -2.20. The van der Waals surface area contributed by atoms with Gasteiger partial charge in [-0.15, -0.1) is 31.7 Å². The van der Waals surface area contributed by atoms with Crippen molar-refractivity contribution >= 4 is 39.8 Å². The Kier molecular flexibility index (Phi) is 4.43. The van der Waals surface area contributed by atoms with Crippen molar-refractivity contribution in [2.24, 2.45) is 7.05 Å². The average molecular weight is 450 g/mol. The van der Waals surface area contributed by atoms with Gasteiger partial charge in [0.25, 0.3) is 5.56 Å². The van der Waals surface area contributed by atoms with Crippen LogP contribution in [0.15, 0.2) is 51.7 Å². The number of nitrogens with zero attached hydrogens (tertiary/aromatic N) is 7. The number of thiophene rings is 1. The van der Waals surface area contributed by atoms with Gasteiger partial charge in [0.2, 0.25) is 5.78 Å². The topological polar surface area (TPSA) is 82.9 Å². The van der Waals surface area contributed by atoms with E-state index in [4.69, 9.17) is 0 Å². The van der Waals surface area contributed by atoms with Gasteiger partial charge < -0.3 is 4.57 Å². The predicted molar refractivity (Wildman–Crippen MR) is 121 cm³/mol.